The Morgan fingerprint density at radius 2 is 2.18 bits per heavy atom. The number of nitrogens with zero attached hydrogens (tertiary/aromatic N) is 3. The van der Waals surface area contributed by atoms with E-state index in [0.717, 1.165) is 13.1 Å². The largest absolute Gasteiger partial charge is 0.407 e. The van der Waals surface area contributed by atoms with Gasteiger partial charge in [-0.15, -0.1) is 5.10 Å². The minimum absolute atomic E-state index is 0.633. The topological polar surface area (TPSA) is 54.2 Å². The standard InChI is InChI=1S/C12H22N4O/c1-3-5-8-16(10-6-7-10)12-15-14-11(17-12)9-13-4-2/h10,13H,3-9H2,1-2H3. The van der Waals surface area contributed by atoms with E-state index in [-0.39, 0.29) is 0 Å². The van der Waals surface area contributed by atoms with Crippen LogP contribution in [0.4, 0.5) is 6.01 Å². The summed E-state index contributed by atoms with van der Waals surface area (Å²) in [6.45, 7) is 6.88. The van der Waals surface area contributed by atoms with Gasteiger partial charge in [0.2, 0.25) is 5.89 Å². The monoisotopic (exact) mass is 238 g/mol. The number of aromatic nitrogens is 2. The van der Waals surface area contributed by atoms with E-state index < -0.39 is 0 Å². The molecular weight excluding hydrogens is 216 g/mol. The van der Waals surface area contributed by atoms with E-state index in [9.17, 15) is 0 Å². The fourth-order valence-electron chi connectivity index (χ4n) is 1.81. The summed E-state index contributed by atoms with van der Waals surface area (Å²) in [5.74, 6) is 0.684. The highest BCUT2D eigenvalue weighted by atomic mass is 16.4. The summed E-state index contributed by atoms with van der Waals surface area (Å²) in [5.41, 5.74) is 0. The molecule has 0 spiro atoms. The van der Waals surface area contributed by atoms with Crippen molar-refractivity contribution in [1.29, 1.82) is 0 Å². The molecule has 5 heteroatoms. The van der Waals surface area contributed by atoms with Crippen LogP contribution in [0.3, 0.4) is 0 Å². The van der Waals surface area contributed by atoms with Crippen molar-refractivity contribution in [2.75, 3.05) is 18.0 Å². The van der Waals surface area contributed by atoms with Crippen molar-refractivity contribution >= 4 is 6.01 Å². The Balaban J connectivity index is 1.94. The van der Waals surface area contributed by atoms with Gasteiger partial charge in [-0.1, -0.05) is 25.4 Å². The predicted molar refractivity (Wildman–Crippen MR) is 67.0 cm³/mol. The van der Waals surface area contributed by atoms with Gasteiger partial charge in [0, 0.05) is 12.6 Å². The second-order valence-electron chi connectivity index (χ2n) is 4.54. The molecule has 1 N–H and O–H groups in total. The van der Waals surface area contributed by atoms with Gasteiger partial charge in [-0.25, -0.2) is 0 Å². The number of hydrogen-bond donors (Lipinski definition) is 1. The zero-order chi connectivity index (χ0) is 12.1. The van der Waals surface area contributed by atoms with Crippen LogP contribution < -0.4 is 10.2 Å². The molecule has 1 aromatic rings. The molecule has 0 aliphatic heterocycles. The number of nitrogens with one attached hydrogen (secondary N) is 1. The van der Waals surface area contributed by atoms with E-state index >= 15 is 0 Å². The molecule has 1 fully saturated rings. The average Bonchev–Trinajstić information content (AvgIpc) is 3.07. The van der Waals surface area contributed by atoms with Crippen LogP contribution in [0.1, 0.15) is 45.4 Å². The predicted octanol–water partition coefficient (Wildman–Crippen LogP) is 1.95. The molecule has 0 radical (unpaired) electrons. The third-order valence-corrected chi connectivity index (χ3v) is 2.97. The van der Waals surface area contributed by atoms with Gasteiger partial charge in [-0.3, -0.25) is 0 Å². The van der Waals surface area contributed by atoms with Gasteiger partial charge in [0.15, 0.2) is 0 Å². The smallest absolute Gasteiger partial charge is 0.318 e. The van der Waals surface area contributed by atoms with Crippen molar-refractivity contribution in [2.24, 2.45) is 0 Å². The maximum absolute atomic E-state index is 5.69. The average molecular weight is 238 g/mol. The van der Waals surface area contributed by atoms with Gasteiger partial charge in [0.1, 0.15) is 0 Å². The molecule has 0 atom stereocenters. The molecule has 0 amide bonds. The summed E-state index contributed by atoms with van der Waals surface area (Å²) in [6.07, 6.45) is 4.90. The first-order valence-corrected chi connectivity index (χ1v) is 6.64. The van der Waals surface area contributed by atoms with Crippen molar-refractivity contribution in [2.45, 2.75) is 52.1 Å². The van der Waals surface area contributed by atoms with E-state index in [4.69, 9.17) is 4.42 Å². The van der Waals surface area contributed by atoms with Crippen LogP contribution in [0.5, 0.6) is 0 Å². The minimum Gasteiger partial charge on any atom is -0.407 e. The van der Waals surface area contributed by atoms with Gasteiger partial charge < -0.3 is 14.6 Å². The Labute approximate surface area is 103 Å². The zero-order valence-electron chi connectivity index (χ0n) is 10.8. The quantitative estimate of drug-likeness (QED) is 0.750. The van der Waals surface area contributed by atoms with Crippen molar-refractivity contribution in [3.8, 4) is 0 Å². The molecule has 5 nitrogen and oxygen atoms in total. The van der Waals surface area contributed by atoms with Crippen LogP contribution in [0.25, 0.3) is 0 Å². The van der Waals surface area contributed by atoms with Crippen molar-refractivity contribution < 1.29 is 4.42 Å². The third kappa shape index (κ3) is 3.43. The first kappa shape index (κ1) is 12.4. The van der Waals surface area contributed by atoms with E-state index in [2.05, 4.69) is 34.3 Å². The van der Waals surface area contributed by atoms with E-state index in [1.165, 1.54) is 25.7 Å². The lowest BCUT2D eigenvalue weighted by atomic mass is 10.3. The van der Waals surface area contributed by atoms with Gasteiger partial charge >= 0.3 is 6.01 Å². The summed E-state index contributed by atoms with van der Waals surface area (Å²) in [6, 6.07) is 1.34. The molecule has 0 unspecified atom stereocenters. The maximum atomic E-state index is 5.69. The van der Waals surface area contributed by atoms with Gasteiger partial charge in [-0.05, 0) is 25.8 Å². The molecular formula is C12H22N4O. The molecule has 17 heavy (non-hydrogen) atoms. The fraction of sp³-hybridized carbons (Fsp3) is 0.833. The molecule has 1 saturated carbocycles. The first-order chi connectivity index (χ1) is 8.35. The molecule has 1 aliphatic carbocycles. The molecule has 1 aliphatic rings. The first-order valence-electron chi connectivity index (χ1n) is 6.64. The highest BCUT2D eigenvalue weighted by molar-refractivity contribution is 5.29. The Hall–Kier alpha value is -1.10. The SMILES string of the molecule is CCCCN(c1nnc(CNCC)o1)C1CC1. The Morgan fingerprint density at radius 3 is 2.82 bits per heavy atom. The Bertz CT molecular complexity index is 335. The number of anilines is 1. The molecule has 1 aromatic heterocycles. The molecule has 96 valence electrons. The number of rotatable bonds is 8. The van der Waals surface area contributed by atoms with Crippen LogP contribution >= 0.6 is 0 Å². The molecule has 2 rings (SSSR count). The van der Waals surface area contributed by atoms with Crippen molar-refractivity contribution in [3.05, 3.63) is 5.89 Å². The summed E-state index contributed by atoms with van der Waals surface area (Å²) >= 11 is 0. The maximum Gasteiger partial charge on any atom is 0.318 e. The summed E-state index contributed by atoms with van der Waals surface area (Å²) in [5, 5.41) is 11.4. The Kier molecular flexibility index (Phi) is 4.36. The minimum atomic E-state index is 0.633. The van der Waals surface area contributed by atoms with Crippen LogP contribution in [-0.2, 0) is 6.54 Å². The lowest BCUT2D eigenvalue weighted by Crippen LogP contribution is -2.27. The van der Waals surface area contributed by atoms with E-state index in [1.807, 2.05) is 0 Å². The second-order valence-corrected chi connectivity index (χ2v) is 4.54. The normalized spacial score (nSPS) is 15.2. The van der Waals surface area contributed by atoms with Crippen LogP contribution in [0, 0.1) is 0 Å². The third-order valence-electron chi connectivity index (χ3n) is 2.97. The lowest BCUT2D eigenvalue weighted by Gasteiger charge is -2.18. The van der Waals surface area contributed by atoms with Gasteiger partial charge in [-0.2, -0.15) is 0 Å². The zero-order valence-corrected chi connectivity index (χ0v) is 10.8. The van der Waals surface area contributed by atoms with Crippen LogP contribution in [0.2, 0.25) is 0 Å². The second kappa shape index (κ2) is 6.00. The lowest BCUT2D eigenvalue weighted by molar-refractivity contribution is 0.461. The van der Waals surface area contributed by atoms with Crippen molar-refractivity contribution in [1.82, 2.24) is 15.5 Å². The number of unbranched alkanes of at least 4 members (excludes halogenated alkanes) is 1. The highest BCUT2D eigenvalue weighted by Crippen LogP contribution is 2.31. The molecule has 1 heterocycles. The van der Waals surface area contributed by atoms with E-state index in [0.29, 0.717) is 24.5 Å². The fourth-order valence-corrected chi connectivity index (χ4v) is 1.81. The van der Waals surface area contributed by atoms with Crippen LogP contribution in [0.15, 0.2) is 4.42 Å². The molecule has 0 aromatic carbocycles. The highest BCUT2D eigenvalue weighted by Gasteiger charge is 2.31. The van der Waals surface area contributed by atoms with Crippen molar-refractivity contribution in [3.63, 3.8) is 0 Å². The molecule has 0 bridgehead atoms. The summed E-state index contributed by atoms with van der Waals surface area (Å²) in [4.78, 5) is 2.27. The Morgan fingerprint density at radius 1 is 1.35 bits per heavy atom. The molecule has 0 saturated heterocycles. The van der Waals surface area contributed by atoms with Gasteiger partial charge in [0.05, 0.1) is 6.54 Å². The van der Waals surface area contributed by atoms with E-state index in [1.54, 1.807) is 0 Å². The summed E-state index contributed by atoms with van der Waals surface area (Å²) in [7, 11) is 0. The number of hydrogen-bond acceptors (Lipinski definition) is 5. The van der Waals surface area contributed by atoms with Gasteiger partial charge in [0.25, 0.3) is 0 Å². The summed E-state index contributed by atoms with van der Waals surface area (Å²) < 4.78 is 5.69. The van der Waals surface area contributed by atoms with Crippen LogP contribution in [-0.4, -0.2) is 29.3 Å².